The molecule has 0 bridgehead atoms. The molecule has 5 heterocycles. The van der Waals surface area contributed by atoms with Crippen molar-refractivity contribution in [1.29, 1.82) is 0 Å². The Labute approximate surface area is 231 Å². The van der Waals surface area contributed by atoms with Gasteiger partial charge in [0.15, 0.2) is 11.5 Å². The quantitative estimate of drug-likeness (QED) is 0.218. The van der Waals surface area contributed by atoms with Gasteiger partial charge in [0.25, 0.3) is 0 Å². The molecular weight excluding hydrogens is 525 g/mol. The van der Waals surface area contributed by atoms with Crippen molar-refractivity contribution in [1.82, 2.24) is 30.1 Å². The Hall–Kier alpha value is -5.22. The zero-order valence-corrected chi connectivity index (χ0v) is 21.7. The van der Waals surface area contributed by atoms with Crippen molar-refractivity contribution in [3.8, 4) is 33.1 Å². The summed E-state index contributed by atoms with van der Waals surface area (Å²) < 4.78 is 16.1. The van der Waals surface area contributed by atoms with Gasteiger partial charge in [0, 0.05) is 34.0 Å². The number of nitrogens with one attached hydrogen (secondary N) is 3. The highest BCUT2D eigenvalue weighted by atomic mass is 32.1. The predicted molar refractivity (Wildman–Crippen MR) is 154 cm³/mol. The summed E-state index contributed by atoms with van der Waals surface area (Å²) in [5, 5.41) is 12.5. The number of benzene rings is 2. The van der Waals surface area contributed by atoms with E-state index in [1.807, 2.05) is 53.9 Å². The SMILES string of the molecule is O=C(Cc1ccccc1)Nc1cncc(-c2ccc3[nH]nc(-c4nc5nccc(-c6cccs6)c5[nH]4)c3c2F)c1. The number of amides is 1. The lowest BCUT2D eigenvalue weighted by Gasteiger charge is -2.09. The zero-order chi connectivity index (χ0) is 27.1. The fraction of sp³-hybridized carbons (Fsp3) is 0.0333. The lowest BCUT2D eigenvalue weighted by Crippen LogP contribution is -2.14. The minimum Gasteiger partial charge on any atom is -0.335 e. The second-order valence-corrected chi connectivity index (χ2v) is 10.2. The van der Waals surface area contributed by atoms with Gasteiger partial charge < -0.3 is 10.3 Å². The van der Waals surface area contributed by atoms with Gasteiger partial charge in [-0.25, -0.2) is 14.4 Å². The third kappa shape index (κ3) is 4.30. The van der Waals surface area contributed by atoms with E-state index < -0.39 is 5.82 Å². The molecule has 7 aromatic rings. The molecule has 3 N–H and O–H groups in total. The molecule has 0 saturated heterocycles. The highest BCUT2D eigenvalue weighted by molar-refractivity contribution is 7.13. The molecule has 0 radical (unpaired) electrons. The minimum absolute atomic E-state index is 0.182. The first-order chi connectivity index (χ1) is 19.6. The summed E-state index contributed by atoms with van der Waals surface area (Å²) in [7, 11) is 0. The van der Waals surface area contributed by atoms with Crippen molar-refractivity contribution in [2.24, 2.45) is 0 Å². The molecule has 10 heteroatoms. The lowest BCUT2D eigenvalue weighted by atomic mass is 10.0. The number of aromatic nitrogens is 6. The van der Waals surface area contributed by atoms with Crippen LogP contribution in [0.15, 0.2) is 90.7 Å². The van der Waals surface area contributed by atoms with Gasteiger partial charge in [-0.05, 0) is 41.3 Å². The molecule has 1 amide bonds. The molecule has 0 unspecified atom stereocenters. The van der Waals surface area contributed by atoms with Crippen LogP contribution in [0.4, 0.5) is 10.1 Å². The lowest BCUT2D eigenvalue weighted by molar-refractivity contribution is -0.115. The molecule has 0 saturated carbocycles. The number of hydrogen-bond donors (Lipinski definition) is 3. The predicted octanol–water partition coefficient (Wildman–Crippen LogP) is 6.61. The monoisotopic (exact) mass is 545 g/mol. The first-order valence-corrected chi connectivity index (χ1v) is 13.4. The van der Waals surface area contributed by atoms with E-state index >= 15 is 4.39 Å². The molecule has 2 aromatic carbocycles. The summed E-state index contributed by atoms with van der Waals surface area (Å²) >= 11 is 1.62. The number of rotatable bonds is 6. The third-order valence-electron chi connectivity index (χ3n) is 6.61. The van der Waals surface area contributed by atoms with Gasteiger partial charge in [0.2, 0.25) is 5.91 Å². The second-order valence-electron chi connectivity index (χ2n) is 9.21. The fourth-order valence-electron chi connectivity index (χ4n) is 4.77. The van der Waals surface area contributed by atoms with Crippen LogP contribution in [0, 0.1) is 5.82 Å². The summed E-state index contributed by atoms with van der Waals surface area (Å²) in [6, 6.07) is 20.5. The molecule has 0 aliphatic carbocycles. The van der Waals surface area contributed by atoms with Crippen molar-refractivity contribution in [3.63, 3.8) is 0 Å². The van der Waals surface area contributed by atoms with Gasteiger partial charge in [-0.2, -0.15) is 5.10 Å². The zero-order valence-electron chi connectivity index (χ0n) is 20.9. The average molecular weight is 546 g/mol. The van der Waals surface area contributed by atoms with Gasteiger partial charge in [-0.3, -0.25) is 14.9 Å². The number of nitrogens with zero attached hydrogens (tertiary/aromatic N) is 4. The largest absolute Gasteiger partial charge is 0.335 e. The average Bonchev–Trinajstić information content (AvgIpc) is 3.73. The van der Waals surface area contributed by atoms with Crippen LogP contribution in [0.2, 0.25) is 0 Å². The molecule has 5 aromatic heterocycles. The number of H-pyrrole nitrogens is 2. The number of imidazole rings is 1. The van der Waals surface area contributed by atoms with Gasteiger partial charge in [0.1, 0.15) is 11.5 Å². The molecule has 0 atom stereocenters. The highest BCUT2D eigenvalue weighted by Gasteiger charge is 2.21. The first-order valence-electron chi connectivity index (χ1n) is 12.5. The maximum atomic E-state index is 16.1. The molecule has 8 nitrogen and oxygen atoms in total. The van der Waals surface area contributed by atoms with Crippen LogP contribution in [0.3, 0.4) is 0 Å². The number of anilines is 1. The second kappa shape index (κ2) is 9.83. The van der Waals surface area contributed by atoms with E-state index in [4.69, 9.17) is 0 Å². The summed E-state index contributed by atoms with van der Waals surface area (Å²) in [5.74, 6) is -0.241. The normalized spacial score (nSPS) is 11.3. The van der Waals surface area contributed by atoms with Crippen molar-refractivity contribution < 1.29 is 9.18 Å². The summed E-state index contributed by atoms with van der Waals surface area (Å²) in [6.07, 6.45) is 5.04. The van der Waals surface area contributed by atoms with Crippen molar-refractivity contribution in [2.45, 2.75) is 6.42 Å². The molecule has 0 fully saturated rings. The van der Waals surface area contributed by atoms with E-state index in [-0.39, 0.29) is 12.3 Å². The molecule has 7 rings (SSSR count). The standard InChI is InChI=1S/C30H20FN7OS/c31-26-20(18-14-19(16-32-15-18)34-24(39)13-17-5-2-1-3-6-17)8-9-22-25(26)28(38-37-22)30-35-27-21(23-7-4-12-40-23)10-11-33-29(27)36-30/h1-12,14-16H,13H2,(H,34,39)(H,37,38)(H,33,35,36). The fourth-order valence-corrected chi connectivity index (χ4v) is 5.53. The number of fused-ring (bicyclic) bond motifs is 2. The van der Waals surface area contributed by atoms with Crippen LogP contribution in [-0.4, -0.2) is 36.0 Å². The van der Waals surface area contributed by atoms with Crippen LogP contribution in [0.1, 0.15) is 5.56 Å². The smallest absolute Gasteiger partial charge is 0.228 e. The Bertz CT molecular complexity index is 2000. The van der Waals surface area contributed by atoms with Gasteiger partial charge >= 0.3 is 0 Å². The Balaban J connectivity index is 1.24. The summed E-state index contributed by atoms with van der Waals surface area (Å²) in [5.41, 5.74) is 5.37. The van der Waals surface area contributed by atoms with Crippen LogP contribution < -0.4 is 5.32 Å². The number of halogens is 1. The Morgan fingerprint density at radius 1 is 1.00 bits per heavy atom. The Morgan fingerprint density at radius 2 is 1.90 bits per heavy atom. The van der Waals surface area contributed by atoms with E-state index in [0.717, 1.165) is 21.5 Å². The van der Waals surface area contributed by atoms with Crippen LogP contribution in [-0.2, 0) is 11.2 Å². The molecule has 0 aliphatic rings. The summed E-state index contributed by atoms with van der Waals surface area (Å²) in [6.45, 7) is 0. The number of carbonyl (C=O) groups is 1. The van der Waals surface area contributed by atoms with Crippen LogP contribution >= 0.6 is 11.3 Å². The number of hydrogen-bond acceptors (Lipinski definition) is 6. The molecule has 0 aliphatic heterocycles. The van der Waals surface area contributed by atoms with Crippen molar-refractivity contribution in [3.05, 3.63) is 102 Å². The molecule has 0 spiro atoms. The maximum absolute atomic E-state index is 16.1. The Kier molecular flexibility index (Phi) is 5.86. The van der Waals surface area contributed by atoms with Crippen molar-refractivity contribution >= 4 is 45.0 Å². The minimum atomic E-state index is -0.470. The van der Waals surface area contributed by atoms with E-state index in [1.54, 1.807) is 48.1 Å². The first kappa shape index (κ1) is 23.9. The van der Waals surface area contributed by atoms with Crippen LogP contribution in [0.25, 0.3) is 55.2 Å². The molecular formula is C30H20FN7OS. The molecule has 194 valence electrons. The van der Waals surface area contributed by atoms with E-state index in [2.05, 4.69) is 35.5 Å². The molecule has 40 heavy (non-hydrogen) atoms. The Morgan fingerprint density at radius 3 is 2.75 bits per heavy atom. The van der Waals surface area contributed by atoms with E-state index in [9.17, 15) is 4.79 Å². The number of aromatic amines is 2. The van der Waals surface area contributed by atoms with Crippen molar-refractivity contribution in [2.75, 3.05) is 5.32 Å². The van der Waals surface area contributed by atoms with E-state index in [1.165, 1.54) is 0 Å². The van der Waals surface area contributed by atoms with Gasteiger partial charge in [-0.1, -0.05) is 36.4 Å². The van der Waals surface area contributed by atoms with Gasteiger partial charge in [-0.15, -0.1) is 11.3 Å². The maximum Gasteiger partial charge on any atom is 0.228 e. The highest BCUT2D eigenvalue weighted by Crippen LogP contribution is 2.36. The van der Waals surface area contributed by atoms with Crippen LogP contribution in [0.5, 0.6) is 0 Å². The number of thiophene rings is 1. The summed E-state index contributed by atoms with van der Waals surface area (Å²) in [4.78, 5) is 30.2. The van der Waals surface area contributed by atoms with Gasteiger partial charge in [0.05, 0.1) is 34.7 Å². The van der Waals surface area contributed by atoms with E-state index in [0.29, 0.717) is 44.9 Å². The number of pyridine rings is 2. The third-order valence-corrected chi connectivity index (χ3v) is 7.51. The number of carbonyl (C=O) groups excluding carboxylic acids is 1. The topological polar surface area (TPSA) is 112 Å².